The number of hydrogen-bond acceptors (Lipinski definition) is 7. The van der Waals surface area contributed by atoms with Crippen LogP contribution in [0, 0.1) is 11.3 Å². The zero-order valence-electron chi connectivity index (χ0n) is 17.7. The van der Waals surface area contributed by atoms with Crippen molar-refractivity contribution in [2.75, 3.05) is 31.6 Å². The number of piperazine rings is 1. The Morgan fingerprint density at radius 1 is 1.13 bits per heavy atom. The molecule has 1 aliphatic rings. The van der Waals surface area contributed by atoms with E-state index in [0.29, 0.717) is 30.0 Å². The summed E-state index contributed by atoms with van der Waals surface area (Å²) in [5.41, 5.74) is 1.73. The standard InChI is InChI=1S/C24H25N5OS/c1-18-16-28(2)12-13-29(18)24-26-15-22(31-21-10-8-19(14-25)9-11-21)23(27-24)30-17-20-6-4-3-5-7-20/h3-11,15,18H,12-13,16-17H2,1-2H3. The maximum absolute atomic E-state index is 9.03. The van der Waals surface area contributed by atoms with E-state index in [4.69, 9.17) is 15.0 Å². The number of hydrogen-bond donors (Lipinski definition) is 0. The predicted octanol–water partition coefficient (Wildman–Crippen LogP) is 4.22. The summed E-state index contributed by atoms with van der Waals surface area (Å²) < 4.78 is 6.17. The van der Waals surface area contributed by atoms with Crippen LogP contribution in [0.4, 0.5) is 5.95 Å². The van der Waals surface area contributed by atoms with Crippen molar-refractivity contribution >= 4 is 17.7 Å². The van der Waals surface area contributed by atoms with Crippen LogP contribution in [0.1, 0.15) is 18.1 Å². The van der Waals surface area contributed by atoms with E-state index < -0.39 is 0 Å². The number of anilines is 1. The third-order valence-corrected chi connectivity index (χ3v) is 6.23. The fourth-order valence-corrected chi connectivity index (χ4v) is 4.37. The Labute approximate surface area is 187 Å². The Balaban J connectivity index is 1.60. The van der Waals surface area contributed by atoms with Crippen LogP contribution in [-0.4, -0.2) is 47.6 Å². The van der Waals surface area contributed by atoms with Gasteiger partial charge in [-0.15, -0.1) is 0 Å². The van der Waals surface area contributed by atoms with Crippen molar-refractivity contribution in [3.8, 4) is 11.9 Å². The normalized spacial score (nSPS) is 16.7. The summed E-state index contributed by atoms with van der Waals surface area (Å²) >= 11 is 1.54. The number of aromatic nitrogens is 2. The lowest BCUT2D eigenvalue weighted by molar-refractivity contribution is 0.269. The van der Waals surface area contributed by atoms with Crippen LogP contribution in [-0.2, 0) is 6.61 Å². The van der Waals surface area contributed by atoms with Gasteiger partial charge in [-0.25, -0.2) is 4.98 Å². The Bertz CT molecular complexity index is 1050. The molecule has 158 valence electrons. The number of likely N-dealkylation sites (N-methyl/N-ethyl adjacent to an activating group) is 1. The van der Waals surface area contributed by atoms with Crippen LogP contribution in [0.25, 0.3) is 0 Å². The van der Waals surface area contributed by atoms with E-state index in [0.717, 1.165) is 35.0 Å². The highest BCUT2D eigenvalue weighted by Crippen LogP contribution is 2.35. The molecule has 0 saturated carbocycles. The highest BCUT2D eigenvalue weighted by atomic mass is 32.2. The van der Waals surface area contributed by atoms with Crippen LogP contribution >= 0.6 is 11.8 Å². The van der Waals surface area contributed by atoms with Gasteiger partial charge in [0.15, 0.2) is 0 Å². The second-order valence-electron chi connectivity index (χ2n) is 7.66. The van der Waals surface area contributed by atoms with Crippen molar-refractivity contribution in [2.24, 2.45) is 0 Å². The lowest BCUT2D eigenvalue weighted by Crippen LogP contribution is -2.51. The summed E-state index contributed by atoms with van der Waals surface area (Å²) in [5, 5.41) is 9.03. The molecule has 1 unspecified atom stereocenters. The lowest BCUT2D eigenvalue weighted by Gasteiger charge is -2.38. The smallest absolute Gasteiger partial charge is 0.232 e. The molecule has 4 rings (SSSR count). The van der Waals surface area contributed by atoms with E-state index in [-0.39, 0.29) is 0 Å². The lowest BCUT2D eigenvalue weighted by atomic mass is 10.2. The number of ether oxygens (including phenoxy) is 1. The van der Waals surface area contributed by atoms with Crippen molar-refractivity contribution in [3.05, 3.63) is 71.9 Å². The van der Waals surface area contributed by atoms with Gasteiger partial charge in [-0.05, 0) is 43.8 Å². The van der Waals surface area contributed by atoms with Gasteiger partial charge in [0.2, 0.25) is 11.8 Å². The second kappa shape index (κ2) is 9.82. The van der Waals surface area contributed by atoms with Gasteiger partial charge in [-0.1, -0.05) is 42.1 Å². The third kappa shape index (κ3) is 5.35. The van der Waals surface area contributed by atoms with Crippen LogP contribution in [0.5, 0.6) is 5.88 Å². The molecule has 1 saturated heterocycles. The summed E-state index contributed by atoms with van der Waals surface area (Å²) in [7, 11) is 2.14. The summed E-state index contributed by atoms with van der Waals surface area (Å²) in [4.78, 5) is 15.9. The summed E-state index contributed by atoms with van der Waals surface area (Å²) in [6.45, 7) is 5.48. The minimum atomic E-state index is 0.331. The molecule has 2 aromatic carbocycles. The first-order chi connectivity index (χ1) is 15.1. The quantitative estimate of drug-likeness (QED) is 0.579. The van der Waals surface area contributed by atoms with Gasteiger partial charge in [-0.2, -0.15) is 10.2 Å². The minimum absolute atomic E-state index is 0.331. The molecular weight excluding hydrogens is 406 g/mol. The molecule has 0 radical (unpaired) electrons. The third-order valence-electron chi connectivity index (χ3n) is 5.23. The molecule has 1 aromatic heterocycles. The van der Waals surface area contributed by atoms with E-state index >= 15 is 0 Å². The summed E-state index contributed by atoms with van der Waals surface area (Å²) in [6.07, 6.45) is 1.84. The van der Waals surface area contributed by atoms with Gasteiger partial charge in [0.1, 0.15) is 6.61 Å². The Morgan fingerprint density at radius 3 is 2.61 bits per heavy atom. The average molecular weight is 432 g/mol. The maximum Gasteiger partial charge on any atom is 0.232 e. The molecule has 31 heavy (non-hydrogen) atoms. The molecule has 0 bridgehead atoms. The summed E-state index contributed by atoms with van der Waals surface area (Å²) in [5.74, 6) is 1.28. The predicted molar refractivity (Wildman–Crippen MR) is 122 cm³/mol. The largest absolute Gasteiger partial charge is 0.472 e. The van der Waals surface area contributed by atoms with Gasteiger partial charge in [0.05, 0.1) is 22.7 Å². The van der Waals surface area contributed by atoms with Crippen molar-refractivity contribution < 1.29 is 4.74 Å². The molecule has 3 aromatic rings. The molecular formula is C24H25N5OS. The molecule has 1 fully saturated rings. The minimum Gasteiger partial charge on any atom is -0.472 e. The first-order valence-corrected chi connectivity index (χ1v) is 11.1. The Kier molecular flexibility index (Phi) is 6.70. The van der Waals surface area contributed by atoms with E-state index in [1.807, 2.05) is 60.8 Å². The van der Waals surface area contributed by atoms with Crippen molar-refractivity contribution in [3.63, 3.8) is 0 Å². The average Bonchev–Trinajstić information content (AvgIpc) is 2.80. The first-order valence-electron chi connectivity index (χ1n) is 10.3. The second-order valence-corrected chi connectivity index (χ2v) is 8.77. The number of rotatable bonds is 6. The van der Waals surface area contributed by atoms with Crippen LogP contribution in [0.3, 0.4) is 0 Å². The van der Waals surface area contributed by atoms with Gasteiger partial charge < -0.3 is 14.5 Å². The fourth-order valence-electron chi connectivity index (χ4n) is 3.55. The van der Waals surface area contributed by atoms with Crippen LogP contribution in [0.15, 0.2) is 70.6 Å². The summed E-state index contributed by atoms with van der Waals surface area (Å²) in [6, 6.07) is 20.0. The molecule has 0 amide bonds. The van der Waals surface area contributed by atoms with E-state index in [1.54, 1.807) is 0 Å². The zero-order chi connectivity index (χ0) is 21.6. The van der Waals surface area contributed by atoms with Gasteiger partial charge in [0, 0.05) is 30.6 Å². The topological polar surface area (TPSA) is 65.3 Å². The van der Waals surface area contributed by atoms with E-state index in [9.17, 15) is 0 Å². The molecule has 0 N–H and O–H groups in total. The molecule has 1 atom stereocenters. The Hall–Kier alpha value is -3.08. The first kappa shape index (κ1) is 21.2. The molecule has 0 spiro atoms. The Morgan fingerprint density at radius 2 is 1.90 bits per heavy atom. The molecule has 2 heterocycles. The van der Waals surface area contributed by atoms with Crippen LogP contribution < -0.4 is 9.64 Å². The van der Waals surface area contributed by atoms with Crippen molar-refractivity contribution in [1.29, 1.82) is 5.26 Å². The zero-order valence-corrected chi connectivity index (χ0v) is 18.5. The van der Waals surface area contributed by atoms with E-state index in [1.165, 1.54) is 11.8 Å². The number of benzene rings is 2. The molecule has 0 aliphatic carbocycles. The highest BCUT2D eigenvalue weighted by Gasteiger charge is 2.25. The van der Waals surface area contributed by atoms with Crippen LogP contribution in [0.2, 0.25) is 0 Å². The molecule has 6 nitrogen and oxygen atoms in total. The SMILES string of the molecule is CC1CN(C)CCN1c1ncc(Sc2ccc(C#N)cc2)c(OCc2ccccc2)n1. The number of nitriles is 1. The van der Waals surface area contributed by atoms with Gasteiger partial charge in [-0.3, -0.25) is 0 Å². The van der Waals surface area contributed by atoms with Crippen molar-refractivity contribution in [2.45, 2.75) is 29.4 Å². The highest BCUT2D eigenvalue weighted by molar-refractivity contribution is 7.99. The number of nitrogens with zero attached hydrogens (tertiary/aromatic N) is 5. The molecule has 1 aliphatic heterocycles. The molecule has 7 heteroatoms. The monoisotopic (exact) mass is 431 g/mol. The van der Waals surface area contributed by atoms with Crippen molar-refractivity contribution in [1.82, 2.24) is 14.9 Å². The maximum atomic E-state index is 9.03. The van der Waals surface area contributed by atoms with Gasteiger partial charge >= 0.3 is 0 Å². The fraction of sp³-hybridized carbons (Fsp3) is 0.292. The van der Waals surface area contributed by atoms with Gasteiger partial charge in [0.25, 0.3) is 0 Å². The van der Waals surface area contributed by atoms with E-state index in [2.05, 4.69) is 34.8 Å².